The van der Waals surface area contributed by atoms with Crippen LogP contribution in [0.5, 0.6) is 0 Å². The summed E-state index contributed by atoms with van der Waals surface area (Å²) in [6.07, 6.45) is 9.18. The number of amides is 2. The second-order valence-electron chi connectivity index (χ2n) is 8.94. The van der Waals surface area contributed by atoms with Gasteiger partial charge in [0, 0.05) is 24.9 Å². The minimum absolute atomic E-state index is 0.148. The summed E-state index contributed by atoms with van der Waals surface area (Å²) in [5, 5.41) is 6.20. The van der Waals surface area contributed by atoms with Gasteiger partial charge in [0.2, 0.25) is 11.8 Å². The molecule has 2 aromatic carbocycles. The van der Waals surface area contributed by atoms with Gasteiger partial charge in [0.15, 0.2) is 0 Å². The maximum atomic E-state index is 12.1. The van der Waals surface area contributed by atoms with Gasteiger partial charge in [-0.15, -0.1) is 0 Å². The molecule has 4 nitrogen and oxygen atoms in total. The minimum atomic E-state index is 0.148. The zero-order valence-electron chi connectivity index (χ0n) is 19.8. The largest absolute Gasteiger partial charge is 0.353 e. The fourth-order valence-corrected chi connectivity index (χ4v) is 4.01. The topological polar surface area (TPSA) is 58.2 Å². The Hall–Kier alpha value is -2.62. The van der Waals surface area contributed by atoms with E-state index in [0.29, 0.717) is 12.8 Å². The van der Waals surface area contributed by atoms with Crippen LogP contribution in [0.3, 0.4) is 0 Å². The normalized spacial score (nSPS) is 12.7. The molecule has 32 heavy (non-hydrogen) atoms. The van der Waals surface area contributed by atoms with E-state index in [9.17, 15) is 9.59 Å². The summed E-state index contributed by atoms with van der Waals surface area (Å²) in [5.41, 5.74) is 2.50. The van der Waals surface area contributed by atoms with Crippen LogP contribution in [0.1, 0.15) is 76.3 Å². The number of benzene rings is 2. The van der Waals surface area contributed by atoms with Crippen molar-refractivity contribution in [3.05, 3.63) is 71.8 Å². The van der Waals surface area contributed by atoms with Crippen LogP contribution in [0.25, 0.3) is 0 Å². The maximum Gasteiger partial charge on any atom is 0.220 e. The summed E-state index contributed by atoms with van der Waals surface area (Å²) < 4.78 is 0. The number of unbranched alkanes of at least 4 members (excludes halogenated alkanes) is 5. The summed E-state index contributed by atoms with van der Waals surface area (Å²) in [7, 11) is 0. The van der Waals surface area contributed by atoms with E-state index in [2.05, 4.69) is 48.7 Å². The fourth-order valence-electron chi connectivity index (χ4n) is 4.01. The molecular weight excluding hydrogens is 396 g/mol. The molecule has 0 saturated carbocycles. The zero-order chi connectivity index (χ0) is 23.0. The van der Waals surface area contributed by atoms with E-state index in [4.69, 9.17) is 0 Å². The van der Waals surface area contributed by atoms with Gasteiger partial charge >= 0.3 is 0 Å². The van der Waals surface area contributed by atoms with Gasteiger partial charge in [0.25, 0.3) is 0 Å². The van der Waals surface area contributed by atoms with E-state index >= 15 is 0 Å². The quantitative estimate of drug-likeness (QED) is 0.357. The highest BCUT2D eigenvalue weighted by Gasteiger charge is 2.09. The minimum Gasteiger partial charge on any atom is -0.353 e. The van der Waals surface area contributed by atoms with Crippen LogP contribution in [0.15, 0.2) is 60.7 Å². The molecule has 0 aromatic heterocycles. The van der Waals surface area contributed by atoms with Crippen molar-refractivity contribution in [2.45, 2.75) is 90.1 Å². The highest BCUT2D eigenvalue weighted by atomic mass is 16.2. The van der Waals surface area contributed by atoms with Crippen molar-refractivity contribution in [2.75, 3.05) is 0 Å². The number of carbonyl (C=O) groups excluding carboxylic acids is 2. The van der Waals surface area contributed by atoms with Crippen LogP contribution >= 0.6 is 0 Å². The third kappa shape index (κ3) is 11.7. The van der Waals surface area contributed by atoms with Crippen LogP contribution < -0.4 is 10.6 Å². The van der Waals surface area contributed by atoms with Crippen molar-refractivity contribution in [1.82, 2.24) is 10.6 Å². The van der Waals surface area contributed by atoms with E-state index in [1.54, 1.807) is 0 Å². The van der Waals surface area contributed by atoms with Gasteiger partial charge in [0.1, 0.15) is 0 Å². The molecule has 4 heteroatoms. The summed E-state index contributed by atoms with van der Waals surface area (Å²) in [4.78, 5) is 24.2. The van der Waals surface area contributed by atoms with Gasteiger partial charge in [-0.3, -0.25) is 9.59 Å². The predicted octanol–water partition coefficient (Wildman–Crippen LogP) is 5.60. The zero-order valence-corrected chi connectivity index (χ0v) is 19.8. The predicted molar refractivity (Wildman–Crippen MR) is 132 cm³/mol. The van der Waals surface area contributed by atoms with Gasteiger partial charge in [-0.25, -0.2) is 0 Å². The maximum absolute atomic E-state index is 12.1. The first-order chi connectivity index (χ1) is 15.5. The molecule has 0 saturated heterocycles. The molecule has 0 aliphatic heterocycles. The lowest BCUT2D eigenvalue weighted by atomic mass is 10.1. The van der Waals surface area contributed by atoms with E-state index in [-0.39, 0.29) is 23.9 Å². The second-order valence-corrected chi connectivity index (χ2v) is 8.94. The van der Waals surface area contributed by atoms with Crippen molar-refractivity contribution in [3.63, 3.8) is 0 Å². The van der Waals surface area contributed by atoms with Crippen molar-refractivity contribution >= 4 is 11.8 Å². The average molecular weight is 437 g/mol. The molecule has 0 aliphatic carbocycles. The summed E-state index contributed by atoms with van der Waals surface area (Å²) in [5.74, 6) is 0.296. The van der Waals surface area contributed by atoms with Crippen LogP contribution in [0.4, 0.5) is 0 Å². The molecule has 0 radical (unpaired) electrons. The molecule has 0 aliphatic rings. The molecule has 0 unspecified atom stereocenters. The lowest BCUT2D eigenvalue weighted by Gasteiger charge is -2.14. The van der Waals surface area contributed by atoms with Crippen LogP contribution in [0, 0.1) is 0 Å². The van der Waals surface area contributed by atoms with Gasteiger partial charge in [0.05, 0.1) is 0 Å². The van der Waals surface area contributed by atoms with Gasteiger partial charge in [-0.2, -0.15) is 0 Å². The first-order valence-corrected chi connectivity index (χ1v) is 12.2. The SMILES string of the molecule is C[C@@H](Cc1ccccc1)NC(=O)CCCCCCCCC(=O)N[C@@H](C)Cc1ccccc1. The van der Waals surface area contributed by atoms with Gasteiger partial charge in [-0.1, -0.05) is 86.3 Å². The number of hydrogen-bond acceptors (Lipinski definition) is 2. The van der Waals surface area contributed by atoms with Gasteiger partial charge < -0.3 is 10.6 Å². The number of carbonyl (C=O) groups is 2. The Balaban J connectivity index is 1.43. The first kappa shape index (κ1) is 25.6. The van der Waals surface area contributed by atoms with Crippen LogP contribution in [0.2, 0.25) is 0 Å². The molecular formula is C28H40N2O2. The number of nitrogens with one attached hydrogen (secondary N) is 2. The standard InChI is InChI=1S/C28H40N2O2/c1-23(21-25-15-9-7-10-16-25)29-27(31)19-13-5-3-4-6-14-20-28(32)30-24(2)22-26-17-11-8-12-18-26/h7-12,15-18,23-24H,3-6,13-14,19-22H2,1-2H3,(H,29,31)(H,30,32)/t23-,24-/m0/s1. The van der Waals surface area contributed by atoms with Crippen molar-refractivity contribution in [3.8, 4) is 0 Å². The van der Waals surface area contributed by atoms with Crippen molar-refractivity contribution < 1.29 is 9.59 Å². The molecule has 2 amide bonds. The van der Waals surface area contributed by atoms with Crippen LogP contribution in [-0.4, -0.2) is 23.9 Å². The van der Waals surface area contributed by atoms with Gasteiger partial charge in [-0.05, 0) is 50.7 Å². The average Bonchev–Trinajstić information content (AvgIpc) is 2.76. The molecule has 2 N–H and O–H groups in total. The van der Waals surface area contributed by atoms with E-state index in [1.165, 1.54) is 11.1 Å². The highest BCUT2D eigenvalue weighted by Crippen LogP contribution is 2.10. The lowest BCUT2D eigenvalue weighted by Crippen LogP contribution is -2.33. The molecule has 2 atom stereocenters. The van der Waals surface area contributed by atoms with Crippen molar-refractivity contribution in [2.24, 2.45) is 0 Å². The van der Waals surface area contributed by atoms with E-state index in [1.807, 2.05) is 36.4 Å². The molecule has 2 rings (SSSR count). The molecule has 0 fully saturated rings. The first-order valence-electron chi connectivity index (χ1n) is 12.2. The Labute approximate surface area is 194 Å². The molecule has 0 heterocycles. The molecule has 0 bridgehead atoms. The Morgan fingerprint density at radius 2 is 0.938 bits per heavy atom. The molecule has 174 valence electrons. The Bertz CT molecular complexity index is 709. The number of rotatable bonds is 15. The summed E-state index contributed by atoms with van der Waals surface area (Å²) >= 11 is 0. The fraction of sp³-hybridized carbons (Fsp3) is 0.500. The molecule has 2 aromatic rings. The Morgan fingerprint density at radius 1 is 0.594 bits per heavy atom. The second kappa shape index (κ2) is 15.2. The Kier molecular flexibility index (Phi) is 12.2. The molecule has 0 spiro atoms. The summed E-state index contributed by atoms with van der Waals surface area (Å²) in [6, 6.07) is 20.8. The number of hydrogen-bond donors (Lipinski definition) is 2. The third-order valence-corrected chi connectivity index (χ3v) is 5.64. The smallest absolute Gasteiger partial charge is 0.220 e. The Morgan fingerprint density at radius 3 is 1.31 bits per heavy atom. The van der Waals surface area contributed by atoms with E-state index < -0.39 is 0 Å². The third-order valence-electron chi connectivity index (χ3n) is 5.64. The van der Waals surface area contributed by atoms with E-state index in [0.717, 1.165) is 51.4 Å². The summed E-state index contributed by atoms with van der Waals surface area (Å²) in [6.45, 7) is 4.12. The lowest BCUT2D eigenvalue weighted by molar-refractivity contribution is -0.122. The van der Waals surface area contributed by atoms with Crippen molar-refractivity contribution in [1.29, 1.82) is 0 Å². The highest BCUT2D eigenvalue weighted by molar-refractivity contribution is 5.76. The van der Waals surface area contributed by atoms with Crippen LogP contribution in [-0.2, 0) is 22.4 Å². The monoisotopic (exact) mass is 436 g/mol.